The fraction of sp³-hybridized carbons (Fsp3) is 0.438. The van der Waals surface area contributed by atoms with Gasteiger partial charge < -0.3 is 14.7 Å². The van der Waals surface area contributed by atoms with Crippen LogP contribution in [-0.2, 0) is 16.0 Å². The molecule has 2 aromatic rings. The normalized spacial score (nSPS) is 18.5. The third kappa shape index (κ3) is 3.61. The van der Waals surface area contributed by atoms with E-state index in [1.807, 2.05) is 0 Å². The maximum atomic E-state index is 11.8. The molecule has 0 bridgehead atoms. The van der Waals surface area contributed by atoms with E-state index in [0.717, 1.165) is 6.42 Å². The van der Waals surface area contributed by atoms with Crippen molar-refractivity contribution >= 4 is 27.3 Å². The van der Waals surface area contributed by atoms with Crippen LogP contribution in [0.3, 0.4) is 0 Å². The van der Waals surface area contributed by atoms with Crippen molar-refractivity contribution in [2.75, 3.05) is 26.3 Å². The number of carbonyl (C=O) groups is 1. The van der Waals surface area contributed by atoms with Crippen LogP contribution in [0.25, 0.3) is 10.1 Å². The minimum Gasteiger partial charge on any atom is -0.391 e. The van der Waals surface area contributed by atoms with E-state index in [1.165, 1.54) is 15.6 Å². The highest BCUT2D eigenvalue weighted by Gasteiger charge is 2.24. The molecule has 4 nitrogen and oxygen atoms in total. The summed E-state index contributed by atoms with van der Waals surface area (Å²) in [5.74, 6) is -0.0279. The van der Waals surface area contributed by atoms with E-state index >= 15 is 0 Å². The first-order valence-corrected chi connectivity index (χ1v) is 8.10. The molecule has 3 rings (SSSR count). The second kappa shape index (κ2) is 6.56. The molecular weight excluding hydrogens is 286 g/mol. The summed E-state index contributed by atoms with van der Waals surface area (Å²) in [7, 11) is 0. The number of aliphatic hydroxyl groups is 1. The Labute approximate surface area is 127 Å². The quantitative estimate of drug-likeness (QED) is 0.860. The summed E-state index contributed by atoms with van der Waals surface area (Å²) in [4.78, 5) is 13.5. The van der Waals surface area contributed by atoms with Gasteiger partial charge in [-0.2, -0.15) is 0 Å². The molecule has 1 aliphatic heterocycles. The van der Waals surface area contributed by atoms with E-state index in [4.69, 9.17) is 4.74 Å². The van der Waals surface area contributed by atoms with Crippen LogP contribution in [-0.4, -0.2) is 48.3 Å². The fourth-order valence-corrected chi connectivity index (χ4v) is 3.35. The van der Waals surface area contributed by atoms with Crippen molar-refractivity contribution in [1.29, 1.82) is 0 Å². The molecule has 1 N–H and O–H groups in total. The van der Waals surface area contributed by atoms with Gasteiger partial charge in [-0.25, -0.2) is 0 Å². The van der Waals surface area contributed by atoms with Crippen molar-refractivity contribution in [1.82, 2.24) is 4.90 Å². The lowest BCUT2D eigenvalue weighted by Crippen LogP contribution is -2.32. The number of carbonyl (C=O) groups excluding carboxylic acids is 1. The van der Waals surface area contributed by atoms with Crippen LogP contribution in [0, 0.1) is 0 Å². The molecule has 1 aromatic carbocycles. The molecule has 21 heavy (non-hydrogen) atoms. The van der Waals surface area contributed by atoms with E-state index in [-0.39, 0.29) is 18.6 Å². The molecule has 0 aliphatic carbocycles. The number of rotatable bonds is 5. The van der Waals surface area contributed by atoms with Gasteiger partial charge in [0.05, 0.1) is 12.7 Å². The number of thiophene rings is 1. The zero-order chi connectivity index (χ0) is 14.7. The lowest BCUT2D eigenvalue weighted by molar-refractivity contribution is -0.135. The summed E-state index contributed by atoms with van der Waals surface area (Å²) in [5, 5.41) is 12.8. The summed E-state index contributed by atoms with van der Waals surface area (Å²) in [5.41, 5.74) is 1.23. The molecule has 112 valence electrons. The van der Waals surface area contributed by atoms with E-state index in [1.54, 1.807) is 16.2 Å². The van der Waals surface area contributed by atoms with Crippen LogP contribution in [0.2, 0.25) is 0 Å². The number of ether oxygens (including phenoxy) is 1. The second-order valence-corrected chi connectivity index (χ2v) is 6.33. The molecule has 1 aliphatic rings. The summed E-state index contributed by atoms with van der Waals surface area (Å²) in [6, 6.07) is 8.54. The number of hydrogen-bond acceptors (Lipinski definition) is 4. The molecule has 0 unspecified atom stereocenters. The van der Waals surface area contributed by atoms with E-state index in [2.05, 4.69) is 29.6 Å². The van der Waals surface area contributed by atoms with Crippen molar-refractivity contribution in [3.05, 3.63) is 35.2 Å². The van der Waals surface area contributed by atoms with Crippen molar-refractivity contribution in [3.8, 4) is 0 Å². The van der Waals surface area contributed by atoms with Crippen LogP contribution in [0.5, 0.6) is 0 Å². The van der Waals surface area contributed by atoms with E-state index in [0.29, 0.717) is 26.1 Å². The largest absolute Gasteiger partial charge is 0.391 e. The Bertz CT molecular complexity index is 625. The number of hydrogen-bond donors (Lipinski definition) is 1. The van der Waals surface area contributed by atoms with Gasteiger partial charge in [-0.1, -0.05) is 12.1 Å². The first kappa shape index (κ1) is 14.5. The predicted octanol–water partition coefficient (Wildman–Crippen LogP) is 2.05. The van der Waals surface area contributed by atoms with Gasteiger partial charge in [0.25, 0.3) is 0 Å². The zero-order valence-electron chi connectivity index (χ0n) is 11.8. The van der Waals surface area contributed by atoms with Gasteiger partial charge in [0.2, 0.25) is 5.91 Å². The smallest absolute Gasteiger partial charge is 0.248 e. The van der Waals surface area contributed by atoms with Crippen molar-refractivity contribution in [2.24, 2.45) is 0 Å². The van der Waals surface area contributed by atoms with Crippen LogP contribution in [0.4, 0.5) is 0 Å². The molecule has 0 saturated carbocycles. The Morgan fingerprint density at radius 1 is 1.43 bits per heavy atom. The molecule has 1 atom stereocenters. The number of likely N-dealkylation sites (tertiary alicyclic amines) is 1. The molecule has 1 aromatic heterocycles. The van der Waals surface area contributed by atoms with Gasteiger partial charge in [0.1, 0.15) is 6.61 Å². The highest BCUT2D eigenvalue weighted by molar-refractivity contribution is 7.17. The average Bonchev–Trinajstić information content (AvgIpc) is 3.11. The van der Waals surface area contributed by atoms with Gasteiger partial charge in [-0.15, -0.1) is 11.3 Å². The molecule has 0 spiro atoms. The predicted molar refractivity (Wildman–Crippen MR) is 83.6 cm³/mol. The SMILES string of the molecule is O=C(COCCc1ccc2sccc2c1)N1CC[C@@H](O)C1. The second-order valence-electron chi connectivity index (χ2n) is 5.38. The van der Waals surface area contributed by atoms with Crippen LogP contribution in [0.1, 0.15) is 12.0 Å². The lowest BCUT2D eigenvalue weighted by Gasteiger charge is -2.15. The van der Waals surface area contributed by atoms with Gasteiger partial charge in [-0.3, -0.25) is 4.79 Å². The van der Waals surface area contributed by atoms with E-state index in [9.17, 15) is 9.90 Å². The zero-order valence-corrected chi connectivity index (χ0v) is 12.6. The third-order valence-electron chi connectivity index (χ3n) is 3.79. The Morgan fingerprint density at radius 3 is 3.14 bits per heavy atom. The molecule has 2 heterocycles. The van der Waals surface area contributed by atoms with Crippen LogP contribution >= 0.6 is 11.3 Å². The number of benzene rings is 1. The van der Waals surface area contributed by atoms with Crippen LogP contribution in [0.15, 0.2) is 29.6 Å². The molecule has 0 radical (unpaired) electrons. The number of aliphatic hydroxyl groups excluding tert-OH is 1. The summed E-state index contributed by atoms with van der Waals surface area (Å²) < 4.78 is 6.76. The Morgan fingerprint density at radius 2 is 2.33 bits per heavy atom. The topological polar surface area (TPSA) is 49.8 Å². The van der Waals surface area contributed by atoms with Gasteiger partial charge >= 0.3 is 0 Å². The third-order valence-corrected chi connectivity index (χ3v) is 4.69. The monoisotopic (exact) mass is 305 g/mol. The number of fused-ring (bicyclic) bond motifs is 1. The molecular formula is C16H19NO3S. The Balaban J connectivity index is 1.42. The average molecular weight is 305 g/mol. The van der Waals surface area contributed by atoms with Gasteiger partial charge in [-0.05, 0) is 41.3 Å². The van der Waals surface area contributed by atoms with Gasteiger partial charge in [0.15, 0.2) is 0 Å². The first-order valence-electron chi connectivity index (χ1n) is 7.22. The maximum absolute atomic E-state index is 11.8. The van der Waals surface area contributed by atoms with E-state index < -0.39 is 0 Å². The standard InChI is InChI=1S/C16H19NO3S/c18-14-3-6-17(10-14)16(19)11-20-7-4-12-1-2-15-13(9-12)5-8-21-15/h1-2,5,8-9,14,18H,3-4,6-7,10-11H2/t14-/m1/s1. The van der Waals surface area contributed by atoms with Gasteiger partial charge in [0, 0.05) is 17.8 Å². The van der Waals surface area contributed by atoms with Crippen LogP contribution < -0.4 is 0 Å². The first-order chi connectivity index (χ1) is 10.2. The molecule has 1 amide bonds. The number of β-amino-alcohol motifs (C(OH)–C–C–N with tert-alkyl or cyclic N) is 1. The molecule has 1 fully saturated rings. The lowest BCUT2D eigenvalue weighted by atomic mass is 10.1. The number of nitrogens with zero attached hydrogens (tertiary/aromatic N) is 1. The minimum atomic E-state index is -0.369. The summed E-state index contributed by atoms with van der Waals surface area (Å²) >= 11 is 1.74. The summed E-state index contributed by atoms with van der Waals surface area (Å²) in [6.07, 6.45) is 1.11. The number of amides is 1. The summed E-state index contributed by atoms with van der Waals surface area (Å²) in [6.45, 7) is 1.72. The minimum absolute atomic E-state index is 0.0279. The Kier molecular flexibility index (Phi) is 4.53. The fourth-order valence-electron chi connectivity index (χ4n) is 2.58. The highest BCUT2D eigenvalue weighted by Crippen LogP contribution is 2.21. The highest BCUT2D eigenvalue weighted by atomic mass is 32.1. The molecule has 5 heteroatoms. The van der Waals surface area contributed by atoms with Crippen molar-refractivity contribution in [3.63, 3.8) is 0 Å². The van der Waals surface area contributed by atoms with Crippen molar-refractivity contribution < 1.29 is 14.6 Å². The van der Waals surface area contributed by atoms with Crippen molar-refractivity contribution in [2.45, 2.75) is 18.9 Å². The molecule has 1 saturated heterocycles. The Hall–Kier alpha value is -1.43. The maximum Gasteiger partial charge on any atom is 0.248 e.